The van der Waals surface area contributed by atoms with Gasteiger partial charge in [-0.3, -0.25) is 4.79 Å². The summed E-state index contributed by atoms with van der Waals surface area (Å²) in [5.74, 6) is 0.521. The third kappa shape index (κ3) is 3.66. The van der Waals surface area contributed by atoms with Crippen LogP contribution in [0.15, 0.2) is 48.2 Å². The molecule has 3 heterocycles. The molecule has 0 atom stereocenters. The number of hydrogen-bond donors (Lipinski definition) is 0. The molecular formula is C24H24N4OS. The Bertz CT molecular complexity index is 1030. The van der Waals surface area contributed by atoms with Crippen LogP contribution in [-0.2, 0) is 12.8 Å². The van der Waals surface area contributed by atoms with E-state index in [0.717, 1.165) is 51.9 Å². The highest BCUT2D eigenvalue weighted by Crippen LogP contribution is 2.35. The molecule has 0 bridgehead atoms. The maximum Gasteiger partial charge on any atom is 0.253 e. The molecule has 1 aromatic heterocycles. The fraction of sp³-hybridized carbons (Fsp3) is 0.375. The van der Waals surface area contributed by atoms with Crippen molar-refractivity contribution in [2.75, 3.05) is 26.2 Å². The summed E-state index contributed by atoms with van der Waals surface area (Å²) in [4.78, 5) is 23.7. The molecule has 1 amide bonds. The first-order valence-corrected chi connectivity index (χ1v) is 11.4. The minimum absolute atomic E-state index is 0.0623. The van der Waals surface area contributed by atoms with E-state index < -0.39 is 0 Å². The minimum Gasteiger partial charge on any atom is -0.371 e. The summed E-state index contributed by atoms with van der Waals surface area (Å²) in [6, 6.07) is 9.02. The Morgan fingerprint density at radius 1 is 1.10 bits per heavy atom. The molecule has 2 aromatic rings. The monoisotopic (exact) mass is 416 g/mol. The number of carbonyl (C=O) groups is 1. The van der Waals surface area contributed by atoms with Crippen LogP contribution in [0, 0.1) is 11.3 Å². The number of nitrogens with zero attached hydrogens (tertiary/aromatic N) is 4. The van der Waals surface area contributed by atoms with Crippen LogP contribution >= 0.6 is 11.3 Å². The number of rotatable bonds is 3. The zero-order valence-corrected chi connectivity index (χ0v) is 17.7. The van der Waals surface area contributed by atoms with Crippen molar-refractivity contribution in [3.05, 3.63) is 74.9 Å². The van der Waals surface area contributed by atoms with Gasteiger partial charge in [-0.1, -0.05) is 6.08 Å². The number of fused-ring (bicyclic) bond motifs is 1. The van der Waals surface area contributed by atoms with Crippen LogP contribution in [0.25, 0.3) is 0 Å². The molecule has 0 saturated carbocycles. The molecule has 1 aromatic carbocycles. The number of nitriles is 1. The lowest BCUT2D eigenvalue weighted by molar-refractivity contribution is 0.0713. The van der Waals surface area contributed by atoms with Crippen molar-refractivity contribution in [2.24, 2.45) is 0 Å². The molecule has 3 aliphatic rings. The fourth-order valence-electron chi connectivity index (χ4n) is 4.41. The largest absolute Gasteiger partial charge is 0.371 e. The van der Waals surface area contributed by atoms with E-state index in [1.54, 1.807) is 24.3 Å². The number of likely N-dealkylation sites (tertiary alicyclic amines) is 1. The number of aromatic nitrogens is 1. The number of benzene rings is 1. The second-order valence-electron chi connectivity index (χ2n) is 8.12. The Balaban J connectivity index is 1.19. The van der Waals surface area contributed by atoms with Crippen LogP contribution in [0.2, 0.25) is 0 Å². The van der Waals surface area contributed by atoms with Crippen molar-refractivity contribution < 1.29 is 4.79 Å². The number of allylic oxidation sites excluding steroid dienone is 3. The zero-order chi connectivity index (χ0) is 20.5. The highest BCUT2D eigenvalue weighted by Gasteiger charge is 2.28. The summed E-state index contributed by atoms with van der Waals surface area (Å²) in [6.45, 7) is 3.65. The lowest BCUT2D eigenvalue weighted by atomic mass is 9.97. The summed E-state index contributed by atoms with van der Waals surface area (Å²) in [6.07, 6.45) is 10.5. The van der Waals surface area contributed by atoms with E-state index in [2.05, 4.69) is 29.2 Å². The van der Waals surface area contributed by atoms with Crippen molar-refractivity contribution in [1.29, 1.82) is 5.26 Å². The molecule has 0 radical (unpaired) electrons. The summed E-state index contributed by atoms with van der Waals surface area (Å²) >= 11 is 1.90. The molecule has 0 N–H and O–H groups in total. The minimum atomic E-state index is 0.0623. The first-order valence-electron chi connectivity index (χ1n) is 10.6. The van der Waals surface area contributed by atoms with Crippen molar-refractivity contribution in [2.45, 2.75) is 31.6 Å². The third-order valence-corrected chi connectivity index (χ3v) is 7.63. The Kier molecular flexibility index (Phi) is 5.14. The molecule has 1 saturated heterocycles. The molecular weight excluding hydrogens is 392 g/mol. The highest BCUT2D eigenvalue weighted by atomic mass is 32.1. The van der Waals surface area contributed by atoms with Gasteiger partial charge in [0.15, 0.2) is 0 Å². The lowest BCUT2D eigenvalue weighted by Crippen LogP contribution is -2.37. The van der Waals surface area contributed by atoms with Gasteiger partial charge >= 0.3 is 0 Å². The van der Waals surface area contributed by atoms with E-state index in [1.807, 2.05) is 16.2 Å². The molecule has 1 fully saturated rings. The number of amides is 1. The van der Waals surface area contributed by atoms with Crippen molar-refractivity contribution >= 4 is 17.2 Å². The molecule has 5 rings (SSSR count). The van der Waals surface area contributed by atoms with Crippen LogP contribution in [0.4, 0.5) is 0 Å². The Morgan fingerprint density at radius 3 is 2.50 bits per heavy atom. The number of carbonyl (C=O) groups excluding carboxylic acids is 1. The van der Waals surface area contributed by atoms with Crippen LogP contribution in [-0.4, -0.2) is 46.9 Å². The van der Waals surface area contributed by atoms with E-state index in [0.29, 0.717) is 17.0 Å². The van der Waals surface area contributed by atoms with Crippen molar-refractivity contribution in [3.63, 3.8) is 0 Å². The quantitative estimate of drug-likeness (QED) is 0.762. The first-order chi connectivity index (χ1) is 14.7. The van der Waals surface area contributed by atoms with Gasteiger partial charge in [0, 0.05) is 61.1 Å². The number of hydrogen-bond acceptors (Lipinski definition) is 5. The second-order valence-corrected chi connectivity index (χ2v) is 9.23. The predicted molar refractivity (Wildman–Crippen MR) is 117 cm³/mol. The van der Waals surface area contributed by atoms with E-state index in [9.17, 15) is 4.79 Å². The summed E-state index contributed by atoms with van der Waals surface area (Å²) < 4.78 is 0. The SMILES string of the molecule is N#Cc1ccc(C(=O)N2CCC(c3nc4c(s3)CCN(C3=CC=C3)CC4)CC2)cc1. The average molecular weight is 417 g/mol. The van der Waals surface area contributed by atoms with Gasteiger partial charge in [0.25, 0.3) is 5.91 Å². The zero-order valence-electron chi connectivity index (χ0n) is 16.9. The van der Waals surface area contributed by atoms with Gasteiger partial charge in [-0.25, -0.2) is 4.98 Å². The summed E-state index contributed by atoms with van der Waals surface area (Å²) in [5, 5.41) is 10.2. The molecule has 0 spiro atoms. The number of thiazole rings is 1. The summed E-state index contributed by atoms with van der Waals surface area (Å²) in [5.41, 5.74) is 3.88. The molecule has 1 aliphatic carbocycles. The van der Waals surface area contributed by atoms with E-state index in [4.69, 9.17) is 10.2 Å². The van der Waals surface area contributed by atoms with Crippen LogP contribution in [0.5, 0.6) is 0 Å². The van der Waals surface area contributed by atoms with Gasteiger partial charge in [-0.15, -0.1) is 11.3 Å². The van der Waals surface area contributed by atoms with Crippen LogP contribution in [0.3, 0.4) is 0 Å². The predicted octanol–water partition coefficient (Wildman–Crippen LogP) is 3.89. The van der Waals surface area contributed by atoms with Crippen molar-refractivity contribution in [1.82, 2.24) is 14.8 Å². The molecule has 0 unspecified atom stereocenters. The van der Waals surface area contributed by atoms with Gasteiger partial charge in [-0.05, 0) is 49.3 Å². The van der Waals surface area contributed by atoms with E-state index in [-0.39, 0.29) is 5.91 Å². The van der Waals surface area contributed by atoms with E-state index in [1.165, 1.54) is 21.3 Å². The van der Waals surface area contributed by atoms with Crippen LogP contribution in [0.1, 0.15) is 50.3 Å². The van der Waals surface area contributed by atoms with Crippen molar-refractivity contribution in [3.8, 4) is 6.07 Å². The average Bonchev–Trinajstić information content (AvgIpc) is 3.07. The van der Waals surface area contributed by atoms with Gasteiger partial charge in [0.2, 0.25) is 0 Å². The Morgan fingerprint density at radius 2 is 1.83 bits per heavy atom. The Hall–Kier alpha value is -2.91. The molecule has 30 heavy (non-hydrogen) atoms. The smallest absolute Gasteiger partial charge is 0.253 e. The maximum absolute atomic E-state index is 12.8. The van der Waals surface area contributed by atoms with E-state index >= 15 is 0 Å². The third-order valence-electron chi connectivity index (χ3n) is 6.31. The fourth-order valence-corrected chi connectivity index (χ4v) is 5.68. The molecule has 2 aliphatic heterocycles. The standard InChI is InChI=1S/C24H24N4OS/c25-16-17-4-6-19(7-5-17)24(29)28-12-8-18(9-13-28)23-26-21-10-14-27(20-2-1-3-20)15-11-22(21)30-23/h1-7,18H,8-15H2. The Labute approximate surface area is 180 Å². The lowest BCUT2D eigenvalue weighted by Gasteiger charge is -2.31. The molecule has 5 nitrogen and oxygen atoms in total. The topological polar surface area (TPSA) is 60.2 Å². The maximum atomic E-state index is 12.8. The second kappa shape index (κ2) is 8.08. The molecule has 152 valence electrons. The first kappa shape index (κ1) is 19.1. The van der Waals surface area contributed by atoms with Gasteiger partial charge < -0.3 is 9.80 Å². The normalized spacial score (nSPS) is 18.8. The summed E-state index contributed by atoms with van der Waals surface area (Å²) in [7, 11) is 0. The van der Waals surface area contributed by atoms with Gasteiger partial charge in [0.1, 0.15) is 0 Å². The number of piperidine rings is 1. The van der Waals surface area contributed by atoms with Crippen LogP contribution < -0.4 is 0 Å². The highest BCUT2D eigenvalue weighted by molar-refractivity contribution is 7.11. The van der Waals surface area contributed by atoms with Gasteiger partial charge in [0.05, 0.1) is 22.3 Å². The van der Waals surface area contributed by atoms with Gasteiger partial charge in [-0.2, -0.15) is 5.26 Å². The molecule has 6 heteroatoms.